The Morgan fingerprint density at radius 1 is 1.33 bits per heavy atom. The van der Waals surface area contributed by atoms with Gasteiger partial charge in [-0.1, -0.05) is 6.07 Å². The molecule has 1 aliphatic heterocycles. The van der Waals surface area contributed by atoms with Crippen LogP contribution in [-0.2, 0) is 6.61 Å². The van der Waals surface area contributed by atoms with E-state index in [1.807, 2.05) is 0 Å². The molecule has 3 N–H and O–H groups in total. The fraction of sp³-hybridized carbons (Fsp3) is 0.182. The lowest BCUT2D eigenvalue weighted by Crippen LogP contribution is -2.21. The lowest BCUT2D eigenvalue weighted by Gasteiger charge is -2.24. The summed E-state index contributed by atoms with van der Waals surface area (Å²) < 4.78 is 30.1. The zero-order chi connectivity index (χ0) is 23.7. The zero-order valence-electron chi connectivity index (χ0n) is 17.6. The first-order valence-corrected chi connectivity index (χ1v) is 9.70. The third-order valence-electron chi connectivity index (χ3n) is 5.27. The van der Waals surface area contributed by atoms with Gasteiger partial charge in [0.15, 0.2) is 5.75 Å². The molecule has 0 aliphatic carbocycles. The number of aromatic amines is 1. The Bertz CT molecular complexity index is 1330. The van der Waals surface area contributed by atoms with Gasteiger partial charge in [-0.05, 0) is 30.7 Å². The zero-order valence-corrected chi connectivity index (χ0v) is 17.6. The number of aryl methyl sites for hydroxylation is 1. The smallest absolute Gasteiger partial charge is 0.311 e. The number of hydrogen-bond acceptors (Lipinski definition) is 8. The number of fused-ring (bicyclic) bond motifs is 1. The standard InChI is InChI=1S/C22H18FN5O5/c1-11-19-20(15(9-24)21(25)33-22(19)27-26-11)12-3-6-17(31-2)13(7-12)10-32-18-8-14(23)4-5-16(18)28(29)30/h3-8,20H,10,25H2,1-2H3,(H,26,27)/t20-/m0/s1. The number of benzene rings is 2. The van der Waals surface area contributed by atoms with E-state index in [0.717, 1.165) is 18.2 Å². The van der Waals surface area contributed by atoms with E-state index in [1.54, 1.807) is 25.1 Å². The highest BCUT2D eigenvalue weighted by Crippen LogP contribution is 2.43. The van der Waals surface area contributed by atoms with Crippen LogP contribution in [0.1, 0.15) is 28.3 Å². The van der Waals surface area contributed by atoms with E-state index in [4.69, 9.17) is 19.9 Å². The molecule has 0 radical (unpaired) electrons. The Morgan fingerprint density at radius 3 is 2.82 bits per heavy atom. The average Bonchev–Trinajstić information content (AvgIpc) is 3.16. The maximum Gasteiger partial charge on any atom is 0.311 e. The first-order chi connectivity index (χ1) is 15.8. The van der Waals surface area contributed by atoms with Gasteiger partial charge in [0.2, 0.25) is 11.8 Å². The molecule has 10 nitrogen and oxygen atoms in total. The Morgan fingerprint density at radius 2 is 2.12 bits per heavy atom. The van der Waals surface area contributed by atoms with Crippen LogP contribution in [0, 0.1) is 34.2 Å². The van der Waals surface area contributed by atoms with E-state index in [9.17, 15) is 19.8 Å². The predicted octanol–water partition coefficient (Wildman–Crippen LogP) is 3.57. The normalized spacial score (nSPS) is 14.8. The third-order valence-corrected chi connectivity index (χ3v) is 5.27. The number of aromatic nitrogens is 2. The number of rotatable bonds is 6. The monoisotopic (exact) mass is 451 g/mol. The van der Waals surface area contributed by atoms with Crippen molar-refractivity contribution < 1.29 is 23.5 Å². The van der Waals surface area contributed by atoms with Gasteiger partial charge in [-0.2, -0.15) is 5.26 Å². The van der Waals surface area contributed by atoms with Crippen LogP contribution >= 0.6 is 0 Å². The molecule has 0 unspecified atom stereocenters. The molecule has 2 heterocycles. The molecule has 1 aromatic heterocycles. The number of ether oxygens (including phenoxy) is 3. The van der Waals surface area contributed by atoms with Crippen LogP contribution in [0.2, 0.25) is 0 Å². The molecular weight excluding hydrogens is 433 g/mol. The molecule has 11 heteroatoms. The topological polar surface area (TPSA) is 149 Å². The minimum Gasteiger partial charge on any atom is -0.496 e. The van der Waals surface area contributed by atoms with Crippen LogP contribution in [0.4, 0.5) is 10.1 Å². The number of hydrogen-bond donors (Lipinski definition) is 2. The molecule has 1 aliphatic rings. The summed E-state index contributed by atoms with van der Waals surface area (Å²) in [6.07, 6.45) is 0. The number of methoxy groups -OCH3 is 1. The van der Waals surface area contributed by atoms with Gasteiger partial charge in [0, 0.05) is 29.0 Å². The van der Waals surface area contributed by atoms with Crippen molar-refractivity contribution in [1.29, 1.82) is 5.26 Å². The van der Waals surface area contributed by atoms with Crippen molar-refractivity contribution in [2.45, 2.75) is 19.4 Å². The molecule has 0 bridgehead atoms. The Kier molecular flexibility index (Phi) is 5.58. The molecule has 4 rings (SSSR count). The van der Waals surface area contributed by atoms with Crippen LogP contribution in [0.25, 0.3) is 0 Å². The van der Waals surface area contributed by atoms with E-state index in [2.05, 4.69) is 16.3 Å². The molecule has 0 saturated heterocycles. The molecule has 1 atom stereocenters. The first kappa shape index (κ1) is 21.6. The van der Waals surface area contributed by atoms with E-state index in [-0.39, 0.29) is 35.4 Å². The number of H-pyrrole nitrogens is 1. The van der Waals surface area contributed by atoms with Gasteiger partial charge in [0.1, 0.15) is 29.8 Å². The van der Waals surface area contributed by atoms with Crippen molar-refractivity contribution in [1.82, 2.24) is 10.2 Å². The third kappa shape index (κ3) is 3.89. The fourth-order valence-electron chi connectivity index (χ4n) is 3.73. The van der Waals surface area contributed by atoms with Crippen LogP contribution in [0.5, 0.6) is 17.4 Å². The average molecular weight is 451 g/mol. The van der Waals surface area contributed by atoms with Gasteiger partial charge in [0.05, 0.1) is 18.0 Å². The number of nitrogens with two attached hydrogens (primary N) is 1. The van der Waals surface area contributed by atoms with Crippen molar-refractivity contribution in [3.8, 4) is 23.4 Å². The summed E-state index contributed by atoms with van der Waals surface area (Å²) in [4.78, 5) is 10.6. The Labute approximate surface area is 187 Å². The predicted molar refractivity (Wildman–Crippen MR) is 113 cm³/mol. The van der Waals surface area contributed by atoms with Crippen LogP contribution in [0.3, 0.4) is 0 Å². The molecule has 168 valence electrons. The van der Waals surface area contributed by atoms with Crippen LogP contribution in [0.15, 0.2) is 47.9 Å². The Hall–Kier alpha value is -4.59. The first-order valence-electron chi connectivity index (χ1n) is 9.70. The number of allylic oxidation sites excluding steroid dienone is 1. The molecule has 0 spiro atoms. The highest BCUT2D eigenvalue weighted by molar-refractivity contribution is 5.56. The number of nitrogens with zero attached hydrogens (tertiary/aromatic N) is 3. The number of nitrogens with one attached hydrogen (secondary N) is 1. The highest BCUT2D eigenvalue weighted by Gasteiger charge is 2.34. The molecule has 0 saturated carbocycles. The minimum absolute atomic E-state index is 0.0505. The summed E-state index contributed by atoms with van der Waals surface area (Å²) in [6.45, 7) is 1.65. The van der Waals surface area contributed by atoms with Gasteiger partial charge in [-0.3, -0.25) is 15.2 Å². The number of nitriles is 1. The quantitative estimate of drug-likeness (QED) is 0.427. The Balaban J connectivity index is 1.74. The summed E-state index contributed by atoms with van der Waals surface area (Å²) in [6, 6.07) is 10.3. The van der Waals surface area contributed by atoms with Crippen molar-refractivity contribution >= 4 is 5.69 Å². The summed E-state index contributed by atoms with van der Waals surface area (Å²) in [7, 11) is 1.47. The van der Waals surface area contributed by atoms with Crippen molar-refractivity contribution in [2.24, 2.45) is 5.73 Å². The number of nitro benzene ring substituents is 1. The lowest BCUT2D eigenvalue weighted by atomic mass is 9.83. The van der Waals surface area contributed by atoms with Gasteiger partial charge in [-0.15, -0.1) is 5.10 Å². The van der Waals surface area contributed by atoms with E-state index >= 15 is 0 Å². The number of halogens is 1. The van der Waals surface area contributed by atoms with Gasteiger partial charge >= 0.3 is 5.69 Å². The lowest BCUT2D eigenvalue weighted by molar-refractivity contribution is -0.386. The molecular formula is C22H18FN5O5. The van der Waals surface area contributed by atoms with Crippen molar-refractivity contribution in [3.63, 3.8) is 0 Å². The fourth-order valence-corrected chi connectivity index (χ4v) is 3.73. The minimum atomic E-state index is -0.666. The van der Waals surface area contributed by atoms with Crippen LogP contribution in [-0.4, -0.2) is 22.2 Å². The maximum absolute atomic E-state index is 13.7. The second kappa shape index (κ2) is 8.51. The van der Waals surface area contributed by atoms with Crippen molar-refractivity contribution in [2.75, 3.05) is 7.11 Å². The SMILES string of the molecule is COc1ccc([C@H]2C(C#N)=C(N)Oc3n[nH]c(C)c32)cc1COc1cc(F)ccc1[N+](=O)[O-]. The summed E-state index contributed by atoms with van der Waals surface area (Å²) in [5, 5.41) is 27.9. The molecule has 2 aromatic carbocycles. The molecule has 3 aromatic rings. The second-order valence-electron chi connectivity index (χ2n) is 7.22. The summed E-state index contributed by atoms with van der Waals surface area (Å²) in [5.74, 6) is -0.771. The van der Waals surface area contributed by atoms with Gasteiger partial charge in [0.25, 0.3) is 0 Å². The number of nitro groups is 1. The molecule has 0 fully saturated rings. The maximum atomic E-state index is 13.7. The van der Waals surface area contributed by atoms with Gasteiger partial charge in [-0.25, -0.2) is 4.39 Å². The summed E-state index contributed by atoms with van der Waals surface area (Å²) in [5.41, 5.74) is 8.39. The summed E-state index contributed by atoms with van der Waals surface area (Å²) >= 11 is 0. The molecule has 0 amide bonds. The van der Waals surface area contributed by atoms with E-state index in [1.165, 1.54) is 7.11 Å². The van der Waals surface area contributed by atoms with E-state index in [0.29, 0.717) is 28.1 Å². The van der Waals surface area contributed by atoms with Crippen LogP contribution < -0.4 is 19.9 Å². The second-order valence-corrected chi connectivity index (χ2v) is 7.22. The largest absolute Gasteiger partial charge is 0.496 e. The van der Waals surface area contributed by atoms with E-state index < -0.39 is 16.7 Å². The van der Waals surface area contributed by atoms with Gasteiger partial charge < -0.3 is 19.9 Å². The molecule has 33 heavy (non-hydrogen) atoms. The van der Waals surface area contributed by atoms with Crippen molar-refractivity contribution in [3.05, 3.63) is 86.2 Å². The highest BCUT2D eigenvalue weighted by atomic mass is 19.1.